The summed E-state index contributed by atoms with van der Waals surface area (Å²) in [5.41, 5.74) is 1.03. The monoisotopic (exact) mass is 242 g/mol. The van der Waals surface area contributed by atoms with Gasteiger partial charge in [-0.3, -0.25) is 0 Å². The summed E-state index contributed by atoms with van der Waals surface area (Å²) >= 11 is 11.4. The van der Waals surface area contributed by atoms with Crippen LogP contribution in [-0.2, 0) is 12.3 Å². The van der Waals surface area contributed by atoms with Gasteiger partial charge in [-0.1, -0.05) is 28.9 Å². The number of halogens is 2. The van der Waals surface area contributed by atoms with E-state index < -0.39 is 0 Å². The molecule has 0 fully saturated rings. The molecule has 0 saturated heterocycles. The Morgan fingerprint density at radius 3 is 2.87 bits per heavy atom. The smallest absolute Gasteiger partial charge is 0.231 e. The number of benzene rings is 1. The second kappa shape index (κ2) is 4.64. The fourth-order valence-corrected chi connectivity index (χ4v) is 1.56. The van der Waals surface area contributed by atoms with Crippen LogP contribution in [0.1, 0.15) is 17.3 Å². The summed E-state index contributed by atoms with van der Waals surface area (Å²) in [6, 6.07) is 7.53. The molecule has 2 aromatic rings. The van der Waals surface area contributed by atoms with Crippen LogP contribution >= 0.6 is 23.2 Å². The molecule has 78 valence electrons. The van der Waals surface area contributed by atoms with Crippen molar-refractivity contribution < 1.29 is 4.52 Å². The summed E-state index contributed by atoms with van der Waals surface area (Å²) in [6.07, 6.45) is 0.574. The molecule has 0 radical (unpaired) electrons. The highest BCUT2D eigenvalue weighted by atomic mass is 35.5. The van der Waals surface area contributed by atoms with Crippen molar-refractivity contribution in [1.82, 2.24) is 10.1 Å². The largest absolute Gasteiger partial charge is 0.339 e. The van der Waals surface area contributed by atoms with Crippen LogP contribution in [0, 0.1) is 0 Å². The van der Waals surface area contributed by atoms with Crippen LogP contribution in [0.15, 0.2) is 28.8 Å². The first kappa shape index (κ1) is 10.5. The minimum absolute atomic E-state index is 0.263. The van der Waals surface area contributed by atoms with Gasteiger partial charge >= 0.3 is 0 Å². The molecule has 0 N–H and O–H groups in total. The Bertz CT molecular complexity index is 456. The molecule has 0 atom stereocenters. The molecule has 15 heavy (non-hydrogen) atoms. The number of alkyl halides is 1. The molecule has 2 rings (SSSR count). The highest BCUT2D eigenvalue weighted by molar-refractivity contribution is 6.30. The van der Waals surface area contributed by atoms with Gasteiger partial charge in [-0.05, 0) is 17.7 Å². The molecule has 3 nitrogen and oxygen atoms in total. The molecule has 0 spiro atoms. The Labute approximate surface area is 97.0 Å². The summed E-state index contributed by atoms with van der Waals surface area (Å²) in [5.74, 6) is 1.32. The van der Waals surface area contributed by atoms with E-state index in [0.29, 0.717) is 23.2 Å². The molecule has 0 aliphatic heterocycles. The van der Waals surface area contributed by atoms with Crippen LogP contribution in [0.4, 0.5) is 0 Å². The van der Waals surface area contributed by atoms with Crippen molar-refractivity contribution in [3.63, 3.8) is 0 Å². The van der Waals surface area contributed by atoms with E-state index in [9.17, 15) is 0 Å². The quantitative estimate of drug-likeness (QED) is 0.777. The molecule has 1 heterocycles. The summed E-state index contributed by atoms with van der Waals surface area (Å²) < 4.78 is 5.01. The van der Waals surface area contributed by atoms with Gasteiger partial charge in [0.25, 0.3) is 0 Å². The molecule has 0 saturated carbocycles. The Kier molecular flexibility index (Phi) is 3.23. The average Bonchev–Trinajstić information content (AvgIpc) is 2.65. The van der Waals surface area contributed by atoms with Crippen LogP contribution < -0.4 is 0 Å². The maximum atomic E-state index is 5.86. The molecular formula is C10H8Cl2N2O. The highest BCUT2D eigenvalue weighted by Crippen LogP contribution is 2.14. The van der Waals surface area contributed by atoms with Crippen LogP contribution in [0.25, 0.3) is 0 Å². The third kappa shape index (κ3) is 2.70. The normalized spacial score (nSPS) is 10.5. The van der Waals surface area contributed by atoms with E-state index in [0.717, 1.165) is 5.56 Å². The summed E-state index contributed by atoms with van der Waals surface area (Å²) in [6.45, 7) is 0. The maximum Gasteiger partial charge on any atom is 0.231 e. The number of aromatic nitrogens is 2. The van der Waals surface area contributed by atoms with E-state index >= 15 is 0 Å². The van der Waals surface area contributed by atoms with Gasteiger partial charge in [0.1, 0.15) is 0 Å². The lowest BCUT2D eigenvalue weighted by Gasteiger charge is -1.96. The lowest BCUT2D eigenvalue weighted by atomic mass is 10.1. The first-order chi connectivity index (χ1) is 7.28. The standard InChI is InChI=1S/C10H8Cl2N2O/c11-6-9-13-10(15-14-9)5-7-2-1-3-8(12)4-7/h1-4H,5-6H2. The van der Waals surface area contributed by atoms with Crippen molar-refractivity contribution in [3.05, 3.63) is 46.6 Å². The average molecular weight is 243 g/mol. The van der Waals surface area contributed by atoms with Gasteiger partial charge in [0.2, 0.25) is 5.89 Å². The molecule has 0 aliphatic rings. The molecule has 0 aliphatic carbocycles. The van der Waals surface area contributed by atoms with Crippen LogP contribution in [0.2, 0.25) is 5.02 Å². The first-order valence-corrected chi connectivity index (χ1v) is 5.31. The zero-order valence-electron chi connectivity index (χ0n) is 7.78. The predicted octanol–water partition coefficient (Wildman–Crippen LogP) is 3.05. The van der Waals surface area contributed by atoms with Gasteiger partial charge in [-0.25, -0.2) is 0 Å². The third-order valence-electron chi connectivity index (χ3n) is 1.87. The Morgan fingerprint density at radius 1 is 1.33 bits per heavy atom. The van der Waals surface area contributed by atoms with Gasteiger partial charge in [-0.15, -0.1) is 11.6 Å². The van der Waals surface area contributed by atoms with E-state index in [1.165, 1.54) is 0 Å². The molecule has 1 aromatic carbocycles. The van der Waals surface area contributed by atoms with Gasteiger partial charge in [-0.2, -0.15) is 4.98 Å². The second-order valence-electron chi connectivity index (χ2n) is 3.04. The molecule has 0 unspecified atom stereocenters. The third-order valence-corrected chi connectivity index (χ3v) is 2.35. The molecule has 1 aromatic heterocycles. The first-order valence-electron chi connectivity index (χ1n) is 4.40. The van der Waals surface area contributed by atoms with Crippen molar-refractivity contribution in [2.75, 3.05) is 0 Å². The van der Waals surface area contributed by atoms with E-state index in [4.69, 9.17) is 27.7 Å². The van der Waals surface area contributed by atoms with Crippen LogP contribution in [0.5, 0.6) is 0 Å². The SMILES string of the molecule is ClCc1noc(Cc2cccc(Cl)c2)n1. The minimum Gasteiger partial charge on any atom is -0.339 e. The van der Waals surface area contributed by atoms with Gasteiger partial charge in [0.05, 0.1) is 12.3 Å². The van der Waals surface area contributed by atoms with Crippen LogP contribution in [-0.4, -0.2) is 10.1 Å². The van der Waals surface area contributed by atoms with Gasteiger partial charge in [0, 0.05) is 5.02 Å². The zero-order chi connectivity index (χ0) is 10.7. The zero-order valence-corrected chi connectivity index (χ0v) is 9.29. The number of hydrogen-bond donors (Lipinski definition) is 0. The summed E-state index contributed by atoms with van der Waals surface area (Å²) in [4.78, 5) is 4.10. The number of hydrogen-bond acceptors (Lipinski definition) is 3. The lowest BCUT2D eigenvalue weighted by molar-refractivity contribution is 0.381. The highest BCUT2D eigenvalue weighted by Gasteiger charge is 2.06. The van der Waals surface area contributed by atoms with E-state index in [2.05, 4.69) is 10.1 Å². The number of rotatable bonds is 3. The topological polar surface area (TPSA) is 38.9 Å². The lowest BCUT2D eigenvalue weighted by Crippen LogP contribution is -1.88. The van der Waals surface area contributed by atoms with Crippen molar-refractivity contribution in [2.24, 2.45) is 0 Å². The molecule has 0 amide bonds. The van der Waals surface area contributed by atoms with Gasteiger partial charge < -0.3 is 4.52 Å². The predicted molar refractivity (Wildman–Crippen MR) is 58.1 cm³/mol. The van der Waals surface area contributed by atoms with E-state index in [1.807, 2.05) is 24.3 Å². The van der Waals surface area contributed by atoms with Gasteiger partial charge in [0.15, 0.2) is 5.82 Å². The van der Waals surface area contributed by atoms with E-state index in [1.54, 1.807) is 0 Å². The van der Waals surface area contributed by atoms with Crippen molar-refractivity contribution in [3.8, 4) is 0 Å². The van der Waals surface area contributed by atoms with Crippen molar-refractivity contribution in [2.45, 2.75) is 12.3 Å². The fourth-order valence-electron chi connectivity index (χ4n) is 1.24. The second-order valence-corrected chi connectivity index (χ2v) is 3.75. The van der Waals surface area contributed by atoms with E-state index in [-0.39, 0.29) is 5.88 Å². The van der Waals surface area contributed by atoms with Crippen molar-refractivity contribution >= 4 is 23.2 Å². The molecular weight excluding hydrogens is 235 g/mol. The Morgan fingerprint density at radius 2 is 2.20 bits per heavy atom. The maximum absolute atomic E-state index is 5.86. The summed E-state index contributed by atoms with van der Waals surface area (Å²) in [5, 5.41) is 4.40. The van der Waals surface area contributed by atoms with Crippen LogP contribution in [0.3, 0.4) is 0 Å². The molecule has 0 bridgehead atoms. The minimum atomic E-state index is 0.263. The fraction of sp³-hybridized carbons (Fsp3) is 0.200. The summed E-state index contributed by atoms with van der Waals surface area (Å²) in [7, 11) is 0. The Hall–Kier alpha value is -1.06. The van der Waals surface area contributed by atoms with Crippen molar-refractivity contribution in [1.29, 1.82) is 0 Å². The Balaban J connectivity index is 2.14. The molecule has 5 heteroatoms. The number of nitrogens with zero attached hydrogens (tertiary/aromatic N) is 2.